The first-order chi connectivity index (χ1) is 5.70. The Hall–Kier alpha value is -0.580. The molecule has 0 aliphatic rings. The second kappa shape index (κ2) is 7.09. The summed E-state index contributed by atoms with van der Waals surface area (Å²) in [6.45, 7) is -0.250. The van der Waals surface area contributed by atoms with Crippen molar-refractivity contribution < 1.29 is 10.2 Å². The summed E-state index contributed by atoms with van der Waals surface area (Å²) in [5, 5.41) is 15.2. The zero-order valence-electron chi connectivity index (χ0n) is 6.57. The van der Waals surface area contributed by atoms with Gasteiger partial charge in [0.15, 0.2) is 0 Å². The summed E-state index contributed by atoms with van der Waals surface area (Å²) in [5.74, 6) is 0. The van der Waals surface area contributed by atoms with Crippen molar-refractivity contribution in [2.45, 2.75) is 0 Å². The Balaban J connectivity index is 0.000000261. The largest absolute Gasteiger partial charge is 0.399 e. The van der Waals surface area contributed by atoms with Crippen molar-refractivity contribution in [1.82, 2.24) is 0 Å². The average molecular weight is 234 g/mol. The third kappa shape index (κ3) is 6.15. The molecule has 4 N–H and O–H groups in total. The minimum Gasteiger partial charge on any atom is -0.399 e. The number of hydrogen-bond acceptors (Lipinski definition) is 3. The second-order valence-electron chi connectivity index (χ2n) is 2.00. The Kier molecular flexibility index (Phi) is 6.75. The van der Waals surface area contributed by atoms with Crippen molar-refractivity contribution in [2.75, 3.05) is 18.9 Å². The number of halogens is 1. The van der Waals surface area contributed by atoms with Gasteiger partial charge in [0.1, 0.15) is 0 Å². The van der Waals surface area contributed by atoms with Crippen LogP contribution in [0.15, 0.2) is 28.7 Å². The molecule has 0 saturated heterocycles. The lowest BCUT2D eigenvalue weighted by molar-refractivity contribution is 0.186. The van der Waals surface area contributed by atoms with Gasteiger partial charge < -0.3 is 15.9 Å². The molecule has 68 valence electrons. The lowest BCUT2D eigenvalue weighted by atomic mass is 10.3. The number of aliphatic hydroxyl groups excluding tert-OH is 2. The fraction of sp³-hybridized carbons (Fsp3) is 0.250. The predicted molar refractivity (Wildman–Crippen MR) is 52.7 cm³/mol. The van der Waals surface area contributed by atoms with Gasteiger partial charge in [0.2, 0.25) is 0 Å². The van der Waals surface area contributed by atoms with Crippen molar-refractivity contribution in [1.29, 1.82) is 0 Å². The van der Waals surface area contributed by atoms with Gasteiger partial charge in [-0.3, -0.25) is 0 Å². The van der Waals surface area contributed by atoms with Crippen LogP contribution in [0.5, 0.6) is 0 Å². The monoisotopic (exact) mass is 233 g/mol. The molecule has 1 rings (SSSR count). The Bertz CT molecular complexity index is 178. The van der Waals surface area contributed by atoms with E-state index >= 15 is 0 Å². The molecule has 0 aromatic heterocycles. The van der Waals surface area contributed by atoms with E-state index in [4.69, 9.17) is 15.9 Å². The van der Waals surface area contributed by atoms with E-state index in [1.54, 1.807) is 0 Å². The second-order valence-corrected chi connectivity index (χ2v) is 2.91. The van der Waals surface area contributed by atoms with Crippen LogP contribution in [0.25, 0.3) is 0 Å². The molecule has 1 aromatic carbocycles. The van der Waals surface area contributed by atoms with E-state index in [-0.39, 0.29) is 13.2 Å². The highest BCUT2D eigenvalue weighted by Crippen LogP contribution is 2.10. The van der Waals surface area contributed by atoms with Crippen molar-refractivity contribution in [3.8, 4) is 0 Å². The number of benzene rings is 1. The van der Waals surface area contributed by atoms with Gasteiger partial charge in [-0.2, -0.15) is 0 Å². The molecule has 12 heavy (non-hydrogen) atoms. The molecule has 0 unspecified atom stereocenters. The molecule has 3 nitrogen and oxygen atoms in total. The van der Waals surface area contributed by atoms with Crippen molar-refractivity contribution in [3.05, 3.63) is 28.7 Å². The SMILES string of the molecule is Nc1ccc(Br)cc1.OCCO. The van der Waals surface area contributed by atoms with Gasteiger partial charge in [-0.15, -0.1) is 0 Å². The predicted octanol–water partition coefficient (Wildman–Crippen LogP) is 1.00. The number of aliphatic hydroxyl groups is 2. The lowest BCUT2D eigenvalue weighted by Gasteiger charge is -1.88. The summed E-state index contributed by atoms with van der Waals surface area (Å²) in [4.78, 5) is 0. The van der Waals surface area contributed by atoms with Crippen LogP contribution in [-0.2, 0) is 0 Å². The molecule has 0 fully saturated rings. The Labute approximate surface area is 80.0 Å². The smallest absolute Gasteiger partial charge is 0.0662 e. The Morgan fingerprint density at radius 3 is 1.75 bits per heavy atom. The molecule has 0 bridgehead atoms. The molecule has 0 aliphatic carbocycles. The molecule has 0 atom stereocenters. The van der Waals surface area contributed by atoms with Crippen LogP contribution in [0.2, 0.25) is 0 Å². The van der Waals surface area contributed by atoms with Crippen LogP contribution in [0.1, 0.15) is 0 Å². The van der Waals surface area contributed by atoms with Crippen LogP contribution in [-0.4, -0.2) is 23.4 Å². The summed E-state index contributed by atoms with van der Waals surface area (Å²) in [5.41, 5.74) is 6.21. The van der Waals surface area contributed by atoms with Gasteiger partial charge in [-0.05, 0) is 24.3 Å². The molecule has 0 amide bonds. The van der Waals surface area contributed by atoms with Gasteiger partial charge in [0, 0.05) is 10.2 Å². The van der Waals surface area contributed by atoms with Gasteiger partial charge in [0.25, 0.3) is 0 Å². The van der Waals surface area contributed by atoms with Gasteiger partial charge in [-0.1, -0.05) is 15.9 Å². The Morgan fingerprint density at radius 2 is 1.50 bits per heavy atom. The van der Waals surface area contributed by atoms with Crippen molar-refractivity contribution in [2.24, 2.45) is 0 Å². The number of nitrogens with two attached hydrogens (primary N) is 1. The van der Waals surface area contributed by atoms with Gasteiger partial charge >= 0.3 is 0 Å². The highest BCUT2D eigenvalue weighted by atomic mass is 79.9. The zero-order chi connectivity index (χ0) is 9.40. The van der Waals surface area contributed by atoms with E-state index in [9.17, 15) is 0 Å². The molecule has 0 spiro atoms. The van der Waals surface area contributed by atoms with E-state index in [0.717, 1.165) is 10.2 Å². The van der Waals surface area contributed by atoms with Crippen LogP contribution in [0.3, 0.4) is 0 Å². The topological polar surface area (TPSA) is 66.5 Å². The maximum atomic E-state index is 7.62. The number of hydrogen-bond donors (Lipinski definition) is 3. The van der Waals surface area contributed by atoms with E-state index in [1.165, 1.54) is 0 Å². The molecular weight excluding hydrogens is 222 g/mol. The maximum absolute atomic E-state index is 7.62. The standard InChI is InChI=1S/C6H6BrN.C2H6O2/c7-5-1-3-6(8)4-2-5;3-1-2-4/h1-4H,8H2;3-4H,1-2H2. The van der Waals surface area contributed by atoms with E-state index < -0.39 is 0 Å². The molecular formula is C8H12BrNO2. The minimum absolute atomic E-state index is 0.125. The van der Waals surface area contributed by atoms with Gasteiger partial charge in [0.05, 0.1) is 13.2 Å². The fourth-order valence-electron chi connectivity index (χ4n) is 0.463. The summed E-state index contributed by atoms with van der Waals surface area (Å²) < 4.78 is 1.06. The van der Waals surface area contributed by atoms with Crippen molar-refractivity contribution in [3.63, 3.8) is 0 Å². The molecule has 0 saturated carbocycles. The first-order valence-electron chi connectivity index (χ1n) is 3.43. The summed E-state index contributed by atoms with van der Waals surface area (Å²) in [7, 11) is 0. The average Bonchev–Trinajstić information content (AvgIpc) is 2.11. The lowest BCUT2D eigenvalue weighted by Crippen LogP contribution is -1.85. The maximum Gasteiger partial charge on any atom is 0.0662 e. The zero-order valence-corrected chi connectivity index (χ0v) is 8.16. The minimum atomic E-state index is -0.125. The molecule has 4 heteroatoms. The normalized spacial score (nSPS) is 8.58. The highest BCUT2D eigenvalue weighted by Gasteiger charge is 1.81. The first kappa shape index (κ1) is 11.4. The Morgan fingerprint density at radius 1 is 1.08 bits per heavy atom. The quantitative estimate of drug-likeness (QED) is 0.635. The molecule has 0 heterocycles. The summed E-state index contributed by atoms with van der Waals surface area (Å²) >= 11 is 3.29. The number of rotatable bonds is 1. The molecule has 1 aromatic rings. The van der Waals surface area contributed by atoms with Crippen LogP contribution in [0, 0.1) is 0 Å². The van der Waals surface area contributed by atoms with Crippen LogP contribution >= 0.6 is 15.9 Å². The van der Waals surface area contributed by atoms with E-state index in [0.29, 0.717) is 0 Å². The third-order valence-corrected chi connectivity index (χ3v) is 1.50. The van der Waals surface area contributed by atoms with Gasteiger partial charge in [-0.25, -0.2) is 0 Å². The number of nitrogen functional groups attached to an aromatic ring is 1. The van der Waals surface area contributed by atoms with E-state index in [1.807, 2.05) is 24.3 Å². The summed E-state index contributed by atoms with van der Waals surface area (Å²) in [6.07, 6.45) is 0. The van der Waals surface area contributed by atoms with Crippen LogP contribution < -0.4 is 5.73 Å². The fourth-order valence-corrected chi connectivity index (χ4v) is 0.727. The van der Waals surface area contributed by atoms with E-state index in [2.05, 4.69) is 15.9 Å². The first-order valence-corrected chi connectivity index (χ1v) is 4.22. The summed E-state index contributed by atoms with van der Waals surface area (Å²) in [6, 6.07) is 7.53. The number of anilines is 1. The molecule has 0 radical (unpaired) electrons. The van der Waals surface area contributed by atoms with Crippen LogP contribution in [0.4, 0.5) is 5.69 Å². The van der Waals surface area contributed by atoms with Crippen molar-refractivity contribution >= 4 is 21.6 Å². The highest BCUT2D eigenvalue weighted by molar-refractivity contribution is 9.10. The molecule has 0 aliphatic heterocycles. The third-order valence-electron chi connectivity index (χ3n) is 0.970.